The maximum atomic E-state index is 8.73. The van der Waals surface area contributed by atoms with Crippen molar-refractivity contribution < 1.29 is 5.11 Å². The molecule has 58 valence electrons. The van der Waals surface area contributed by atoms with Crippen molar-refractivity contribution in [3.8, 4) is 0 Å². The summed E-state index contributed by atoms with van der Waals surface area (Å²) < 4.78 is 0. The molecule has 1 heterocycles. The van der Waals surface area contributed by atoms with Gasteiger partial charge < -0.3 is 10.0 Å². The standard InChI is InChI=1S/C8H15NO/c10-6-8-4-9(5-8)3-7-1-2-7/h7-8,10H,1-6H2. The summed E-state index contributed by atoms with van der Waals surface area (Å²) in [5, 5.41) is 8.73. The van der Waals surface area contributed by atoms with E-state index in [0.717, 1.165) is 19.0 Å². The van der Waals surface area contributed by atoms with E-state index < -0.39 is 0 Å². The Morgan fingerprint density at radius 3 is 2.40 bits per heavy atom. The summed E-state index contributed by atoms with van der Waals surface area (Å²) in [7, 11) is 0. The van der Waals surface area contributed by atoms with E-state index in [1.807, 2.05) is 0 Å². The minimum atomic E-state index is 0.390. The minimum absolute atomic E-state index is 0.390. The van der Waals surface area contributed by atoms with Crippen molar-refractivity contribution >= 4 is 0 Å². The summed E-state index contributed by atoms with van der Waals surface area (Å²) in [5.41, 5.74) is 0. The molecule has 2 rings (SSSR count). The summed E-state index contributed by atoms with van der Waals surface area (Å²) >= 11 is 0. The van der Waals surface area contributed by atoms with E-state index in [2.05, 4.69) is 4.90 Å². The molecule has 2 heteroatoms. The smallest absolute Gasteiger partial charge is 0.0483 e. The molecule has 0 radical (unpaired) electrons. The van der Waals surface area contributed by atoms with Crippen LogP contribution < -0.4 is 0 Å². The van der Waals surface area contributed by atoms with Gasteiger partial charge in [0.25, 0.3) is 0 Å². The SMILES string of the molecule is OCC1CN(CC2CC2)C1. The van der Waals surface area contributed by atoms with Gasteiger partial charge in [0.1, 0.15) is 0 Å². The van der Waals surface area contributed by atoms with E-state index in [9.17, 15) is 0 Å². The maximum Gasteiger partial charge on any atom is 0.0483 e. The quantitative estimate of drug-likeness (QED) is 0.612. The van der Waals surface area contributed by atoms with Crippen molar-refractivity contribution in [3.63, 3.8) is 0 Å². The normalized spacial score (nSPS) is 28.5. The molecule has 0 aromatic carbocycles. The van der Waals surface area contributed by atoms with Crippen LogP contribution in [-0.4, -0.2) is 36.2 Å². The fourth-order valence-electron chi connectivity index (χ4n) is 1.61. The number of rotatable bonds is 3. The van der Waals surface area contributed by atoms with Crippen molar-refractivity contribution in [1.82, 2.24) is 4.90 Å². The number of nitrogens with zero attached hydrogens (tertiary/aromatic N) is 1. The number of aliphatic hydroxyl groups is 1. The highest BCUT2D eigenvalue weighted by atomic mass is 16.3. The van der Waals surface area contributed by atoms with E-state index in [4.69, 9.17) is 5.11 Å². The van der Waals surface area contributed by atoms with Crippen LogP contribution in [0.15, 0.2) is 0 Å². The fourth-order valence-corrected chi connectivity index (χ4v) is 1.61. The number of likely N-dealkylation sites (tertiary alicyclic amines) is 1. The molecule has 2 nitrogen and oxygen atoms in total. The van der Waals surface area contributed by atoms with Gasteiger partial charge >= 0.3 is 0 Å². The Balaban J connectivity index is 1.60. The number of aliphatic hydroxyl groups excluding tert-OH is 1. The Morgan fingerprint density at radius 2 is 1.90 bits per heavy atom. The molecule has 0 unspecified atom stereocenters. The van der Waals surface area contributed by atoms with Gasteiger partial charge in [-0.2, -0.15) is 0 Å². The molecule has 10 heavy (non-hydrogen) atoms. The Bertz CT molecular complexity index is 116. The highest BCUT2D eigenvalue weighted by molar-refractivity contribution is 4.84. The Hall–Kier alpha value is -0.0800. The first-order valence-corrected chi connectivity index (χ1v) is 4.21. The monoisotopic (exact) mass is 141 g/mol. The van der Waals surface area contributed by atoms with E-state index in [1.165, 1.54) is 19.4 Å². The van der Waals surface area contributed by atoms with Crippen LogP contribution in [0.2, 0.25) is 0 Å². The number of hydrogen-bond donors (Lipinski definition) is 1. The van der Waals surface area contributed by atoms with Gasteiger partial charge in [-0.25, -0.2) is 0 Å². The summed E-state index contributed by atoms with van der Waals surface area (Å²) in [6.07, 6.45) is 2.89. The molecule has 2 fully saturated rings. The van der Waals surface area contributed by atoms with Gasteiger partial charge in [-0.15, -0.1) is 0 Å². The lowest BCUT2D eigenvalue weighted by Crippen LogP contribution is -2.48. The molecule has 0 amide bonds. The molecule has 0 aromatic heterocycles. The van der Waals surface area contributed by atoms with Crippen LogP contribution in [0.1, 0.15) is 12.8 Å². The fraction of sp³-hybridized carbons (Fsp3) is 1.00. The van der Waals surface area contributed by atoms with Gasteiger partial charge in [-0.05, 0) is 18.8 Å². The van der Waals surface area contributed by atoms with Crippen molar-refractivity contribution in [2.75, 3.05) is 26.2 Å². The molecular weight excluding hydrogens is 126 g/mol. The second-order valence-electron chi connectivity index (χ2n) is 3.71. The van der Waals surface area contributed by atoms with Crippen LogP contribution in [0.5, 0.6) is 0 Å². The molecular formula is C8H15NO. The van der Waals surface area contributed by atoms with Crippen molar-refractivity contribution in [2.45, 2.75) is 12.8 Å². The molecule has 0 aromatic rings. The average Bonchev–Trinajstić information content (AvgIpc) is 2.60. The highest BCUT2D eigenvalue weighted by Crippen LogP contribution is 2.31. The van der Waals surface area contributed by atoms with Gasteiger partial charge in [0.05, 0.1) is 0 Å². The molecule has 1 N–H and O–H groups in total. The average molecular weight is 141 g/mol. The lowest BCUT2D eigenvalue weighted by Gasteiger charge is -2.38. The van der Waals surface area contributed by atoms with E-state index >= 15 is 0 Å². The minimum Gasteiger partial charge on any atom is -0.396 e. The lowest BCUT2D eigenvalue weighted by atomic mass is 10.0. The lowest BCUT2D eigenvalue weighted by molar-refractivity contribution is 0.0505. The predicted molar refractivity (Wildman–Crippen MR) is 39.7 cm³/mol. The second-order valence-corrected chi connectivity index (χ2v) is 3.71. The number of hydrogen-bond acceptors (Lipinski definition) is 2. The van der Waals surface area contributed by atoms with E-state index in [1.54, 1.807) is 0 Å². The van der Waals surface area contributed by atoms with Crippen molar-refractivity contribution in [2.24, 2.45) is 11.8 Å². The van der Waals surface area contributed by atoms with Crippen LogP contribution in [-0.2, 0) is 0 Å². The van der Waals surface area contributed by atoms with E-state index in [-0.39, 0.29) is 0 Å². The first-order valence-electron chi connectivity index (χ1n) is 4.21. The summed E-state index contributed by atoms with van der Waals surface area (Å²) in [4.78, 5) is 2.46. The third-order valence-electron chi connectivity index (χ3n) is 2.50. The highest BCUT2D eigenvalue weighted by Gasteiger charge is 2.31. The largest absolute Gasteiger partial charge is 0.396 e. The Kier molecular flexibility index (Phi) is 1.66. The van der Waals surface area contributed by atoms with Gasteiger partial charge in [0.15, 0.2) is 0 Å². The maximum absolute atomic E-state index is 8.73. The summed E-state index contributed by atoms with van der Waals surface area (Å²) in [6, 6.07) is 0. The summed E-state index contributed by atoms with van der Waals surface area (Å²) in [5.74, 6) is 1.61. The van der Waals surface area contributed by atoms with Crippen LogP contribution in [0, 0.1) is 11.8 Å². The zero-order valence-corrected chi connectivity index (χ0v) is 6.29. The van der Waals surface area contributed by atoms with Crippen molar-refractivity contribution in [1.29, 1.82) is 0 Å². The first kappa shape index (κ1) is 6.62. The molecule has 0 bridgehead atoms. The molecule has 1 aliphatic heterocycles. The molecule has 0 atom stereocenters. The van der Waals surface area contributed by atoms with Crippen LogP contribution in [0.25, 0.3) is 0 Å². The topological polar surface area (TPSA) is 23.5 Å². The van der Waals surface area contributed by atoms with Gasteiger partial charge in [-0.1, -0.05) is 0 Å². The third kappa shape index (κ3) is 1.32. The molecule has 1 saturated carbocycles. The van der Waals surface area contributed by atoms with E-state index in [0.29, 0.717) is 12.5 Å². The van der Waals surface area contributed by atoms with Gasteiger partial charge in [-0.3, -0.25) is 0 Å². The van der Waals surface area contributed by atoms with Gasteiger partial charge in [0.2, 0.25) is 0 Å². The first-order chi connectivity index (χ1) is 4.88. The Labute approximate surface area is 61.8 Å². The van der Waals surface area contributed by atoms with Crippen LogP contribution in [0.3, 0.4) is 0 Å². The second kappa shape index (κ2) is 2.51. The summed E-state index contributed by atoms with van der Waals surface area (Å²) in [6.45, 7) is 3.98. The predicted octanol–water partition coefficient (Wildman–Crippen LogP) is 0.320. The van der Waals surface area contributed by atoms with Gasteiger partial charge in [0, 0.05) is 32.2 Å². The molecule has 0 spiro atoms. The van der Waals surface area contributed by atoms with Crippen LogP contribution in [0.4, 0.5) is 0 Å². The zero-order chi connectivity index (χ0) is 6.97. The molecule has 1 saturated heterocycles. The third-order valence-corrected chi connectivity index (χ3v) is 2.50. The van der Waals surface area contributed by atoms with Crippen molar-refractivity contribution in [3.05, 3.63) is 0 Å². The molecule has 1 aliphatic carbocycles. The Morgan fingerprint density at radius 1 is 1.20 bits per heavy atom. The molecule has 2 aliphatic rings. The van der Waals surface area contributed by atoms with Crippen LogP contribution >= 0.6 is 0 Å². The zero-order valence-electron chi connectivity index (χ0n) is 6.29.